The Kier molecular flexibility index (Phi) is 10.8. The maximum atomic E-state index is 12.2. The molecular formula is C30H30BrNO9. The molecule has 4 atom stereocenters. The number of aliphatic hydroxyl groups excluding tert-OH is 1. The molecule has 3 aromatic carbocycles. The zero-order valence-electron chi connectivity index (χ0n) is 22.3. The number of carbonyl (C=O) groups is 4. The normalized spacial score (nSPS) is 17.1. The molecule has 0 spiro atoms. The zero-order chi connectivity index (χ0) is 30.3. The Morgan fingerprint density at radius 1 is 0.805 bits per heavy atom. The summed E-state index contributed by atoms with van der Waals surface area (Å²) in [6.07, 6.45) is -3.13. The van der Waals surface area contributed by atoms with Crippen LogP contribution in [-0.4, -0.2) is 57.5 Å². The van der Waals surface area contributed by atoms with Gasteiger partial charge in [0.2, 0.25) is 12.2 Å². The standard InChI is InChI=1S/C20H18O8.C10H12BrNO/c1-11-3-7-13(8-4-11)19(25)27-15(17(21)22)16(18(23)24)28-20(26)14-9-5-12(2)6-10-14;11-7-3-1-6-2-4-9(13)10(12)8(6)5-7/h3-10,15-16H,1-2H3,(H,21,22)(H,23,24);1,3,5,9-10,13H,2,4,12H2/t15-,16-;9-,10-/m00/s1. The predicted octanol–water partition coefficient (Wildman–Crippen LogP) is 3.98. The maximum absolute atomic E-state index is 12.2. The lowest BCUT2D eigenvalue weighted by Crippen LogP contribution is -2.45. The fourth-order valence-corrected chi connectivity index (χ4v) is 4.40. The fourth-order valence-electron chi connectivity index (χ4n) is 4.02. The van der Waals surface area contributed by atoms with Crippen molar-refractivity contribution in [1.82, 2.24) is 0 Å². The molecule has 0 radical (unpaired) electrons. The summed E-state index contributed by atoms with van der Waals surface area (Å²) in [5, 5.41) is 28.2. The molecule has 5 N–H and O–H groups in total. The molecular weight excluding hydrogens is 598 g/mol. The molecule has 0 heterocycles. The van der Waals surface area contributed by atoms with Crippen LogP contribution in [0, 0.1) is 13.8 Å². The Morgan fingerprint density at radius 3 is 1.66 bits per heavy atom. The van der Waals surface area contributed by atoms with Crippen molar-refractivity contribution in [3.05, 3.63) is 105 Å². The first-order chi connectivity index (χ1) is 19.4. The van der Waals surface area contributed by atoms with Crippen molar-refractivity contribution >= 4 is 39.8 Å². The van der Waals surface area contributed by atoms with Gasteiger partial charge in [0.25, 0.3) is 0 Å². The van der Waals surface area contributed by atoms with E-state index in [4.69, 9.17) is 15.2 Å². The maximum Gasteiger partial charge on any atom is 0.349 e. The first-order valence-electron chi connectivity index (χ1n) is 12.6. The molecule has 0 unspecified atom stereocenters. The van der Waals surface area contributed by atoms with Crippen molar-refractivity contribution in [1.29, 1.82) is 0 Å². The monoisotopic (exact) mass is 627 g/mol. The van der Waals surface area contributed by atoms with Crippen LogP contribution in [0.15, 0.2) is 71.2 Å². The number of esters is 2. The highest BCUT2D eigenvalue weighted by atomic mass is 79.9. The number of hydrogen-bond donors (Lipinski definition) is 4. The van der Waals surface area contributed by atoms with E-state index in [1.165, 1.54) is 29.8 Å². The van der Waals surface area contributed by atoms with Crippen LogP contribution >= 0.6 is 15.9 Å². The van der Waals surface area contributed by atoms with Gasteiger partial charge in [-0.3, -0.25) is 0 Å². The van der Waals surface area contributed by atoms with E-state index < -0.39 is 36.1 Å². The van der Waals surface area contributed by atoms with Gasteiger partial charge in [0.15, 0.2) is 0 Å². The third-order valence-corrected chi connectivity index (χ3v) is 6.89. The van der Waals surface area contributed by atoms with Crippen LogP contribution in [0.3, 0.4) is 0 Å². The highest BCUT2D eigenvalue weighted by Gasteiger charge is 2.41. The van der Waals surface area contributed by atoms with E-state index in [0.29, 0.717) is 0 Å². The second kappa shape index (κ2) is 14.0. The average Bonchev–Trinajstić information content (AvgIpc) is 2.93. The molecule has 1 aliphatic rings. The lowest BCUT2D eigenvalue weighted by molar-refractivity contribution is -0.166. The van der Waals surface area contributed by atoms with Crippen LogP contribution in [0.2, 0.25) is 0 Å². The number of aliphatic hydroxyl groups is 1. The number of nitrogens with two attached hydrogens (primary N) is 1. The molecule has 4 rings (SSSR count). The van der Waals surface area contributed by atoms with E-state index in [1.807, 2.05) is 12.1 Å². The van der Waals surface area contributed by atoms with Crippen LogP contribution in [0.25, 0.3) is 0 Å². The largest absolute Gasteiger partial charge is 0.478 e. The topological polar surface area (TPSA) is 173 Å². The molecule has 0 bridgehead atoms. The SMILES string of the molecule is Cc1ccc(C(=O)O[C@H](C(=O)O)[C@H](OC(=O)c2ccc(C)cc2)C(=O)O)cc1.N[C@H]1c2cc(Br)ccc2CC[C@@H]1O. The van der Waals surface area contributed by atoms with Gasteiger partial charge in [-0.05, 0) is 74.2 Å². The van der Waals surface area contributed by atoms with Crippen molar-refractivity contribution in [3.63, 3.8) is 0 Å². The van der Waals surface area contributed by atoms with E-state index >= 15 is 0 Å². The Hall–Kier alpha value is -4.06. The molecule has 3 aromatic rings. The quantitative estimate of drug-likeness (QED) is 0.280. The number of ether oxygens (including phenoxy) is 2. The molecule has 0 aromatic heterocycles. The first-order valence-corrected chi connectivity index (χ1v) is 13.4. The summed E-state index contributed by atoms with van der Waals surface area (Å²) in [7, 11) is 0. The summed E-state index contributed by atoms with van der Waals surface area (Å²) in [6, 6.07) is 17.9. The van der Waals surface area contributed by atoms with Gasteiger partial charge < -0.3 is 30.5 Å². The summed E-state index contributed by atoms with van der Waals surface area (Å²) in [6.45, 7) is 3.58. The van der Waals surface area contributed by atoms with Crippen LogP contribution in [0.5, 0.6) is 0 Å². The van der Waals surface area contributed by atoms with Gasteiger partial charge in [0, 0.05) is 4.47 Å². The number of halogens is 1. The van der Waals surface area contributed by atoms with Gasteiger partial charge >= 0.3 is 23.9 Å². The molecule has 41 heavy (non-hydrogen) atoms. The minimum atomic E-state index is -2.22. The van der Waals surface area contributed by atoms with E-state index in [-0.39, 0.29) is 23.3 Å². The second-order valence-corrected chi connectivity index (χ2v) is 10.5. The summed E-state index contributed by atoms with van der Waals surface area (Å²) >= 11 is 3.40. The van der Waals surface area contributed by atoms with Gasteiger partial charge in [-0.15, -0.1) is 0 Å². The molecule has 0 saturated carbocycles. The van der Waals surface area contributed by atoms with Crippen LogP contribution < -0.4 is 5.73 Å². The lowest BCUT2D eigenvalue weighted by Gasteiger charge is -2.27. The van der Waals surface area contributed by atoms with Gasteiger partial charge in [-0.2, -0.15) is 0 Å². The number of carbonyl (C=O) groups excluding carboxylic acids is 2. The number of rotatable bonds is 7. The zero-order valence-corrected chi connectivity index (χ0v) is 23.9. The summed E-state index contributed by atoms with van der Waals surface area (Å²) in [5.41, 5.74) is 10.0. The average molecular weight is 628 g/mol. The number of hydrogen-bond acceptors (Lipinski definition) is 8. The Morgan fingerprint density at radius 2 is 1.24 bits per heavy atom. The highest BCUT2D eigenvalue weighted by molar-refractivity contribution is 9.10. The lowest BCUT2D eigenvalue weighted by atomic mass is 9.86. The van der Waals surface area contributed by atoms with Crippen molar-refractivity contribution in [2.75, 3.05) is 0 Å². The number of fused-ring (bicyclic) bond motifs is 1. The Labute approximate surface area is 244 Å². The van der Waals surface area contributed by atoms with Crippen LogP contribution in [-0.2, 0) is 25.5 Å². The van der Waals surface area contributed by atoms with E-state index in [1.54, 1.807) is 38.1 Å². The number of carboxylic acids is 2. The molecule has 0 aliphatic heterocycles. The van der Waals surface area contributed by atoms with Gasteiger partial charge in [0.1, 0.15) is 0 Å². The summed E-state index contributed by atoms with van der Waals surface area (Å²) in [4.78, 5) is 47.3. The van der Waals surface area contributed by atoms with Crippen molar-refractivity contribution in [2.24, 2.45) is 5.73 Å². The smallest absolute Gasteiger partial charge is 0.349 e. The summed E-state index contributed by atoms with van der Waals surface area (Å²) in [5.74, 6) is -5.62. The fraction of sp³-hybridized carbons (Fsp3) is 0.267. The third-order valence-electron chi connectivity index (χ3n) is 6.40. The van der Waals surface area contributed by atoms with Gasteiger partial charge in [-0.25, -0.2) is 19.2 Å². The van der Waals surface area contributed by atoms with Crippen LogP contribution in [0.4, 0.5) is 0 Å². The molecule has 1 aliphatic carbocycles. The van der Waals surface area contributed by atoms with Gasteiger partial charge in [-0.1, -0.05) is 57.4 Å². The van der Waals surface area contributed by atoms with Crippen LogP contribution in [0.1, 0.15) is 55.4 Å². The van der Waals surface area contributed by atoms with E-state index in [0.717, 1.165) is 34.0 Å². The minimum absolute atomic E-state index is 0.0332. The third kappa shape index (κ3) is 8.46. The number of benzene rings is 3. The second-order valence-electron chi connectivity index (χ2n) is 9.54. The molecule has 11 heteroatoms. The van der Waals surface area contributed by atoms with E-state index in [9.17, 15) is 34.5 Å². The Balaban J connectivity index is 0.000000294. The van der Waals surface area contributed by atoms with Crippen molar-refractivity contribution < 1.29 is 44.0 Å². The highest BCUT2D eigenvalue weighted by Crippen LogP contribution is 2.30. The predicted molar refractivity (Wildman–Crippen MR) is 151 cm³/mol. The number of aliphatic carboxylic acids is 2. The number of carboxylic acid groups (broad SMARTS) is 2. The van der Waals surface area contributed by atoms with Gasteiger partial charge in [0.05, 0.1) is 23.3 Å². The number of aryl methyl sites for hydroxylation is 3. The molecule has 0 amide bonds. The minimum Gasteiger partial charge on any atom is -0.478 e. The van der Waals surface area contributed by atoms with Crippen molar-refractivity contribution in [2.45, 2.75) is 51.0 Å². The Bertz CT molecular complexity index is 1330. The summed E-state index contributed by atoms with van der Waals surface area (Å²) < 4.78 is 10.7. The molecule has 216 valence electrons. The molecule has 10 nitrogen and oxygen atoms in total. The molecule has 0 saturated heterocycles. The first kappa shape index (κ1) is 31.5. The van der Waals surface area contributed by atoms with Crippen molar-refractivity contribution in [3.8, 4) is 0 Å². The molecule has 0 fully saturated rings. The van der Waals surface area contributed by atoms with E-state index in [2.05, 4.69) is 22.0 Å².